The number of alkyl carbamates (subject to hydrolysis) is 1. The summed E-state index contributed by atoms with van der Waals surface area (Å²) in [6.45, 7) is 7.24. The van der Waals surface area contributed by atoms with Crippen molar-refractivity contribution in [2.75, 3.05) is 19.7 Å². The number of carbonyl (C=O) groups excluding carboxylic acids is 2. The zero-order valence-electron chi connectivity index (χ0n) is 20.5. The largest absolute Gasteiger partial charge is 0.444 e. The second kappa shape index (κ2) is 10.2. The van der Waals surface area contributed by atoms with Crippen molar-refractivity contribution >= 4 is 12.0 Å². The van der Waals surface area contributed by atoms with Crippen LogP contribution in [0.25, 0.3) is 0 Å². The fourth-order valence-corrected chi connectivity index (χ4v) is 5.15. The van der Waals surface area contributed by atoms with Crippen LogP contribution in [0.15, 0.2) is 54.6 Å². The number of fused-ring (bicyclic) bond motifs is 2. The van der Waals surface area contributed by atoms with Gasteiger partial charge in [-0.25, -0.2) is 4.79 Å². The van der Waals surface area contributed by atoms with Crippen LogP contribution in [0.3, 0.4) is 0 Å². The Morgan fingerprint density at radius 1 is 1.00 bits per heavy atom. The summed E-state index contributed by atoms with van der Waals surface area (Å²) in [6.07, 6.45) is 3.54. The van der Waals surface area contributed by atoms with E-state index in [2.05, 4.69) is 29.6 Å². The third-order valence-electron chi connectivity index (χ3n) is 6.88. The van der Waals surface area contributed by atoms with Gasteiger partial charge in [-0.3, -0.25) is 4.79 Å². The summed E-state index contributed by atoms with van der Waals surface area (Å²) in [5, 5.41) is 2.76. The first-order valence-electron chi connectivity index (χ1n) is 12.2. The van der Waals surface area contributed by atoms with Gasteiger partial charge in [-0.2, -0.15) is 0 Å². The molecule has 0 saturated carbocycles. The number of nitrogens with one attached hydrogen (secondary N) is 1. The molecule has 34 heavy (non-hydrogen) atoms. The lowest BCUT2D eigenvalue weighted by molar-refractivity contribution is -0.137. The molecule has 1 spiro atoms. The molecule has 0 aromatic heterocycles. The van der Waals surface area contributed by atoms with Crippen molar-refractivity contribution < 1.29 is 19.1 Å². The number of carbonyl (C=O) groups is 2. The molecule has 2 aromatic carbocycles. The molecule has 182 valence electrons. The van der Waals surface area contributed by atoms with Crippen molar-refractivity contribution in [2.45, 2.75) is 70.1 Å². The average Bonchev–Trinajstić information content (AvgIpc) is 3.16. The highest BCUT2D eigenvalue weighted by Crippen LogP contribution is 2.46. The van der Waals surface area contributed by atoms with Crippen LogP contribution in [0.1, 0.15) is 56.7 Å². The van der Waals surface area contributed by atoms with Crippen LogP contribution >= 0.6 is 0 Å². The van der Waals surface area contributed by atoms with E-state index in [-0.39, 0.29) is 17.9 Å². The van der Waals surface area contributed by atoms with Crippen LogP contribution < -0.4 is 5.32 Å². The number of amides is 2. The number of benzene rings is 2. The first-order chi connectivity index (χ1) is 16.3. The lowest BCUT2D eigenvalue weighted by atomic mass is 9.74. The Hall–Kier alpha value is -2.86. The van der Waals surface area contributed by atoms with Crippen LogP contribution in [-0.4, -0.2) is 48.2 Å². The highest BCUT2D eigenvalue weighted by Gasteiger charge is 2.42. The smallest absolute Gasteiger partial charge is 0.408 e. The first kappa shape index (κ1) is 24.3. The second-order valence-corrected chi connectivity index (χ2v) is 10.5. The Morgan fingerprint density at radius 3 is 2.38 bits per heavy atom. The molecule has 1 fully saturated rings. The third kappa shape index (κ3) is 5.79. The zero-order chi connectivity index (χ0) is 24.2. The van der Waals surface area contributed by atoms with E-state index >= 15 is 0 Å². The fourth-order valence-electron chi connectivity index (χ4n) is 5.15. The summed E-state index contributed by atoms with van der Waals surface area (Å²) in [7, 11) is 0. The summed E-state index contributed by atoms with van der Waals surface area (Å²) in [6, 6.07) is 17.7. The van der Waals surface area contributed by atoms with E-state index in [9.17, 15) is 9.59 Å². The van der Waals surface area contributed by atoms with Crippen molar-refractivity contribution in [1.29, 1.82) is 0 Å². The summed E-state index contributed by atoms with van der Waals surface area (Å²) in [5.41, 5.74) is 3.45. The van der Waals surface area contributed by atoms with Gasteiger partial charge < -0.3 is 19.7 Å². The van der Waals surface area contributed by atoms with E-state index in [1.807, 2.05) is 35.2 Å². The Bertz CT molecular complexity index is 991. The molecule has 6 nitrogen and oxygen atoms in total. The minimum Gasteiger partial charge on any atom is -0.444 e. The summed E-state index contributed by atoms with van der Waals surface area (Å²) in [5.74, 6) is -0.111. The number of ether oxygens (including phenoxy) is 2. The molecule has 1 saturated heterocycles. The number of likely N-dealkylation sites (tertiary alicyclic amines) is 1. The van der Waals surface area contributed by atoms with Crippen molar-refractivity contribution in [3.8, 4) is 0 Å². The monoisotopic (exact) mass is 464 g/mol. The van der Waals surface area contributed by atoms with Crippen molar-refractivity contribution in [2.24, 2.45) is 0 Å². The minimum absolute atomic E-state index is 0.0947. The van der Waals surface area contributed by atoms with Crippen molar-refractivity contribution in [3.05, 3.63) is 71.3 Å². The molecule has 2 amide bonds. The van der Waals surface area contributed by atoms with Gasteiger partial charge in [0.05, 0.1) is 13.2 Å². The predicted octanol–water partition coefficient (Wildman–Crippen LogP) is 4.60. The van der Waals surface area contributed by atoms with Gasteiger partial charge in [-0.05, 0) is 68.6 Å². The second-order valence-electron chi connectivity index (χ2n) is 10.5. The molecular weight excluding hydrogens is 428 g/mol. The Kier molecular flexibility index (Phi) is 7.27. The zero-order valence-corrected chi connectivity index (χ0v) is 20.5. The van der Waals surface area contributed by atoms with Crippen LogP contribution in [0.5, 0.6) is 0 Å². The van der Waals surface area contributed by atoms with Gasteiger partial charge in [0.1, 0.15) is 11.6 Å². The molecular formula is C28H36N2O4. The van der Waals surface area contributed by atoms with E-state index in [4.69, 9.17) is 9.47 Å². The van der Waals surface area contributed by atoms with Gasteiger partial charge in [0.2, 0.25) is 5.91 Å². The number of hydrogen-bond acceptors (Lipinski definition) is 4. The number of hydrogen-bond donors (Lipinski definition) is 1. The number of aryl methyl sites for hydroxylation is 1. The van der Waals surface area contributed by atoms with Crippen LogP contribution in [0, 0.1) is 0 Å². The van der Waals surface area contributed by atoms with Gasteiger partial charge >= 0.3 is 6.09 Å². The molecule has 2 aromatic rings. The minimum atomic E-state index is -0.788. The van der Waals surface area contributed by atoms with E-state index in [1.54, 1.807) is 20.8 Å². The van der Waals surface area contributed by atoms with E-state index in [1.165, 1.54) is 11.1 Å². The molecule has 1 N–H and O–H groups in total. The fraction of sp³-hybridized carbons (Fsp3) is 0.500. The molecule has 1 aliphatic heterocycles. The SMILES string of the molecule is CC(C)(C)OC(=O)NC(COCc1ccccc1)C(=O)N1CCC2(CCc3ccccc32)CC1. The Balaban J connectivity index is 1.39. The highest BCUT2D eigenvalue weighted by atomic mass is 16.6. The molecule has 0 radical (unpaired) electrons. The van der Waals surface area contributed by atoms with E-state index < -0.39 is 17.7 Å². The Morgan fingerprint density at radius 2 is 1.68 bits per heavy atom. The summed E-state index contributed by atoms with van der Waals surface area (Å²) >= 11 is 0. The van der Waals surface area contributed by atoms with Gasteiger partial charge in [0, 0.05) is 13.1 Å². The molecule has 4 rings (SSSR count). The van der Waals surface area contributed by atoms with Crippen LogP contribution in [0.2, 0.25) is 0 Å². The predicted molar refractivity (Wildman–Crippen MR) is 132 cm³/mol. The third-order valence-corrected chi connectivity index (χ3v) is 6.88. The van der Waals surface area contributed by atoms with Crippen molar-refractivity contribution in [1.82, 2.24) is 10.2 Å². The number of nitrogens with zero attached hydrogens (tertiary/aromatic N) is 1. The maximum atomic E-state index is 13.5. The molecule has 2 aliphatic rings. The molecule has 1 atom stereocenters. The lowest BCUT2D eigenvalue weighted by Gasteiger charge is -2.41. The van der Waals surface area contributed by atoms with E-state index in [0.29, 0.717) is 19.7 Å². The van der Waals surface area contributed by atoms with Gasteiger partial charge in [0.25, 0.3) is 0 Å². The quantitative estimate of drug-likeness (QED) is 0.678. The first-order valence-corrected chi connectivity index (χ1v) is 12.2. The maximum Gasteiger partial charge on any atom is 0.408 e. The van der Waals surface area contributed by atoms with Crippen molar-refractivity contribution in [3.63, 3.8) is 0 Å². The van der Waals surface area contributed by atoms with Gasteiger partial charge in [0.15, 0.2) is 0 Å². The lowest BCUT2D eigenvalue weighted by Crippen LogP contribution is -2.54. The molecule has 6 heteroatoms. The number of rotatable bonds is 6. The average molecular weight is 465 g/mol. The number of piperidine rings is 1. The van der Waals surface area contributed by atoms with Crippen LogP contribution in [-0.2, 0) is 32.7 Å². The van der Waals surface area contributed by atoms with E-state index in [0.717, 1.165) is 31.2 Å². The summed E-state index contributed by atoms with van der Waals surface area (Å²) in [4.78, 5) is 27.8. The maximum absolute atomic E-state index is 13.5. The topological polar surface area (TPSA) is 67.9 Å². The standard InChI is InChI=1S/C28H36N2O4/c1-27(2,3)34-26(32)29-24(20-33-19-21-9-5-4-6-10-21)25(31)30-17-15-28(16-18-30)14-13-22-11-7-8-12-23(22)28/h4-12,24H,13-20H2,1-3H3,(H,29,32). The van der Waals surface area contributed by atoms with Crippen LogP contribution in [0.4, 0.5) is 4.79 Å². The van der Waals surface area contributed by atoms with Gasteiger partial charge in [-0.15, -0.1) is 0 Å². The molecule has 1 heterocycles. The normalized spacial score (nSPS) is 17.8. The highest BCUT2D eigenvalue weighted by molar-refractivity contribution is 5.86. The summed E-state index contributed by atoms with van der Waals surface area (Å²) < 4.78 is 11.3. The molecule has 1 aliphatic carbocycles. The van der Waals surface area contributed by atoms with Gasteiger partial charge in [-0.1, -0.05) is 54.6 Å². The molecule has 0 bridgehead atoms. The molecule has 1 unspecified atom stereocenters. The Labute approximate surface area is 202 Å².